The highest BCUT2D eigenvalue weighted by molar-refractivity contribution is 5.85. The van der Waals surface area contributed by atoms with Crippen LogP contribution < -0.4 is 11.1 Å². The van der Waals surface area contributed by atoms with Gasteiger partial charge < -0.3 is 11.1 Å². The maximum absolute atomic E-state index is 12.0. The molecule has 0 aromatic rings. The van der Waals surface area contributed by atoms with Gasteiger partial charge in [0.25, 0.3) is 0 Å². The molecule has 16 heavy (non-hydrogen) atoms. The lowest BCUT2D eigenvalue weighted by Gasteiger charge is -2.32. The fourth-order valence-corrected chi connectivity index (χ4v) is 3.08. The first-order valence-corrected chi connectivity index (χ1v) is 6.57. The zero-order chi connectivity index (χ0) is 11.8. The van der Waals surface area contributed by atoms with Gasteiger partial charge in [0.15, 0.2) is 0 Å². The van der Waals surface area contributed by atoms with E-state index < -0.39 is 0 Å². The zero-order valence-electron chi connectivity index (χ0n) is 10.5. The molecular weight excluding hydrogens is 200 g/mol. The molecule has 0 spiro atoms. The van der Waals surface area contributed by atoms with Gasteiger partial charge in [-0.3, -0.25) is 4.79 Å². The van der Waals surface area contributed by atoms with Crippen LogP contribution in [0.4, 0.5) is 0 Å². The Bertz CT molecular complexity index is 263. The van der Waals surface area contributed by atoms with E-state index in [1.54, 1.807) is 0 Å². The Kier molecular flexibility index (Phi) is 3.24. The summed E-state index contributed by atoms with van der Waals surface area (Å²) in [4.78, 5) is 12.0. The van der Waals surface area contributed by atoms with Crippen molar-refractivity contribution >= 4 is 5.91 Å². The first-order chi connectivity index (χ1) is 7.55. The van der Waals surface area contributed by atoms with E-state index in [4.69, 9.17) is 5.73 Å². The van der Waals surface area contributed by atoms with Gasteiger partial charge in [0.05, 0.1) is 5.41 Å². The molecule has 92 valence electrons. The summed E-state index contributed by atoms with van der Waals surface area (Å²) in [5.41, 5.74) is 5.48. The van der Waals surface area contributed by atoms with E-state index in [-0.39, 0.29) is 11.3 Å². The average Bonchev–Trinajstić information content (AvgIpc) is 2.96. The van der Waals surface area contributed by atoms with Gasteiger partial charge in [0.2, 0.25) is 5.91 Å². The summed E-state index contributed by atoms with van der Waals surface area (Å²) in [7, 11) is 0. The quantitative estimate of drug-likeness (QED) is 0.766. The fraction of sp³-hybridized carbons (Fsp3) is 0.923. The molecule has 0 bridgehead atoms. The summed E-state index contributed by atoms with van der Waals surface area (Å²) in [5.74, 6) is 1.69. The maximum Gasteiger partial charge on any atom is 0.227 e. The van der Waals surface area contributed by atoms with Crippen molar-refractivity contribution in [2.24, 2.45) is 23.0 Å². The lowest BCUT2D eigenvalue weighted by atomic mass is 9.80. The summed E-state index contributed by atoms with van der Waals surface area (Å²) in [6.45, 7) is 5.08. The molecule has 3 nitrogen and oxygen atoms in total. The van der Waals surface area contributed by atoms with Crippen LogP contribution in [0.1, 0.15) is 46.0 Å². The Morgan fingerprint density at radius 1 is 1.25 bits per heavy atom. The third-order valence-electron chi connectivity index (χ3n) is 4.24. The van der Waals surface area contributed by atoms with Crippen molar-refractivity contribution in [1.82, 2.24) is 5.32 Å². The molecule has 2 aliphatic rings. The molecule has 2 fully saturated rings. The van der Waals surface area contributed by atoms with E-state index in [0.29, 0.717) is 12.6 Å². The normalized spacial score (nSPS) is 36.8. The number of carbonyl (C=O) groups is 1. The van der Waals surface area contributed by atoms with Crippen LogP contribution in [0.15, 0.2) is 0 Å². The molecule has 1 amide bonds. The minimum atomic E-state index is -0.191. The topological polar surface area (TPSA) is 55.1 Å². The summed E-state index contributed by atoms with van der Waals surface area (Å²) in [6.07, 6.45) is 5.53. The van der Waals surface area contributed by atoms with Crippen LogP contribution in [0.5, 0.6) is 0 Å². The van der Waals surface area contributed by atoms with Gasteiger partial charge in [0, 0.05) is 12.6 Å². The Hall–Kier alpha value is -0.570. The van der Waals surface area contributed by atoms with Crippen molar-refractivity contribution in [3.05, 3.63) is 0 Å². The summed E-state index contributed by atoms with van der Waals surface area (Å²) in [5, 5.41) is 3.21. The summed E-state index contributed by atoms with van der Waals surface area (Å²) >= 11 is 0. The molecule has 2 rings (SSSR count). The first-order valence-electron chi connectivity index (χ1n) is 6.57. The van der Waals surface area contributed by atoms with Crippen LogP contribution in [0.2, 0.25) is 0 Å². The van der Waals surface area contributed by atoms with Crippen LogP contribution in [-0.4, -0.2) is 18.5 Å². The first kappa shape index (κ1) is 11.9. The smallest absolute Gasteiger partial charge is 0.227 e. The molecular formula is C13H24N2O. The number of hydrogen-bond acceptors (Lipinski definition) is 2. The number of nitrogens with one attached hydrogen (secondary N) is 1. The van der Waals surface area contributed by atoms with Crippen LogP contribution in [0, 0.1) is 17.3 Å². The number of nitrogens with two attached hydrogens (primary N) is 1. The monoisotopic (exact) mass is 224 g/mol. The predicted molar refractivity (Wildman–Crippen MR) is 64.8 cm³/mol. The molecule has 2 saturated carbocycles. The largest absolute Gasteiger partial charge is 0.353 e. The summed E-state index contributed by atoms with van der Waals surface area (Å²) in [6, 6.07) is 0.385. The number of rotatable bonds is 3. The number of hydrogen-bond donors (Lipinski definition) is 2. The van der Waals surface area contributed by atoms with Crippen molar-refractivity contribution in [3.63, 3.8) is 0 Å². The Balaban J connectivity index is 1.87. The SMILES string of the molecule is CC1CC(C)CC(NC(=O)C2(CN)CC2)C1. The van der Waals surface area contributed by atoms with Gasteiger partial charge in [-0.1, -0.05) is 13.8 Å². The second kappa shape index (κ2) is 4.36. The van der Waals surface area contributed by atoms with Gasteiger partial charge in [0.1, 0.15) is 0 Å². The minimum absolute atomic E-state index is 0.191. The van der Waals surface area contributed by atoms with Crippen molar-refractivity contribution in [2.45, 2.75) is 52.0 Å². The molecule has 2 unspecified atom stereocenters. The summed E-state index contributed by atoms with van der Waals surface area (Å²) < 4.78 is 0. The van der Waals surface area contributed by atoms with Crippen molar-refractivity contribution in [1.29, 1.82) is 0 Å². The molecule has 0 radical (unpaired) electrons. The van der Waals surface area contributed by atoms with E-state index >= 15 is 0 Å². The lowest BCUT2D eigenvalue weighted by Crippen LogP contribution is -2.45. The molecule has 0 heterocycles. The molecule has 0 saturated heterocycles. The average molecular weight is 224 g/mol. The third kappa shape index (κ3) is 2.40. The van der Waals surface area contributed by atoms with Gasteiger partial charge in [-0.2, -0.15) is 0 Å². The third-order valence-corrected chi connectivity index (χ3v) is 4.24. The highest BCUT2D eigenvalue weighted by Crippen LogP contribution is 2.45. The van der Waals surface area contributed by atoms with Gasteiger partial charge >= 0.3 is 0 Å². The number of carbonyl (C=O) groups excluding carboxylic acids is 1. The fourth-order valence-electron chi connectivity index (χ4n) is 3.08. The maximum atomic E-state index is 12.0. The van der Waals surface area contributed by atoms with Gasteiger partial charge in [-0.05, 0) is 43.9 Å². The van der Waals surface area contributed by atoms with E-state index in [2.05, 4.69) is 19.2 Å². The second-order valence-electron chi connectivity index (χ2n) is 6.07. The molecule has 2 atom stereocenters. The van der Waals surface area contributed by atoms with Crippen LogP contribution in [-0.2, 0) is 4.79 Å². The lowest BCUT2D eigenvalue weighted by molar-refractivity contribution is -0.127. The highest BCUT2D eigenvalue weighted by Gasteiger charge is 2.49. The van der Waals surface area contributed by atoms with E-state index in [1.165, 1.54) is 6.42 Å². The second-order valence-corrected chi connectivity index (χ2v) is 6.07. The molecule has 0 aromatic carbocycles. The van der Waals surface area contributed by atoms with Crippen LogP contribution in [0.3, 0.4) is 0 Å². The molecule has 3 N–H and O–H groups in total. The van der Waals surface area contributed by atoms with Crippen molar-refractivity contribution < 1.29 is 4.79 Å². The zero-order valence-corrected chi connectivity index (χ0v) is 10.5. The van der Waals surface area contributed by atoms with Crippen LogP contribution in [0.25, 0.3) is 0 Å². The molecule has 0 aromatic heterocycles. The minimum Gasteiger partial charge on any atom is -0.353 e. The predicted octanol–water partition coefficient (Wildman–Crippen LogP) is 1.67. The van der Waals surface area contributed by atoms with Crippen LogP contribution >= 0.6 is 0 Å². The van der Waals surface area contributed by atoms with Crippen molar-refractivity contribution in [2.75, 3.05) is 6.54 Å². The van der Waals surface area contributed by atoms with Gasteiger partial charge in [-0.15, -0.1) is 0 Å². The van der Waals surface area contributed by atoms with Crippen molar-refractivity contribution in [3.8, 4) is 0 Å². The van der Waals surface area contributed by atoms with Gasteiger partial charge in [-0.25, -0.2) is 0 Å². The Labute approximate surface area is 98.2 Å². The highest BCUT2D eigenvalue weighted by atomic mass is 16.2. The van der Waals surface area contributed by atoms with E-state index in [9.17, 15) is 4.79 Å². The molecule has 2 aliphatic carbocycles. The Morgan fingerprint density at radius 3 is 2.25 bits per heavy atom. The molecule has 0 aliphatic heterocycles. The van der Waals surface area contributed by atoms with E-state index in [1.807, 2.05) is 0 Å². The standard InChI is InChI=1S/C13H24N2O/c1-9-5-10(2)7-11(6-9)15-12(16)13(8-14)3-4-13/h9-11H,3-8,14H2,1-2H3,(H,15,16). The Morgan fingerprint density at radius 2 is 1.81 bits per heavy atom. The molecule has 3 heteroatoms. The number of amides is 1. The van der Waals surface area contributed by atoms with E-state index in [0.717, 1.165) is 37.5 Å².